The minimum absolute atomic E-state index is 0.0727. The highest BCUT2D eigenvalue weighted by Gasteiger charge is 2.20. The van der Waals surface area contributed by atoms with Gasteiger partial charge in [0, 0.05) is 26.3 Å². The molecule has 0 fully saturated rings. The van der Waals surface area contributed by atoms with Gasteiger partial charge in [-0.2, -0.15) is 0 Å². The van der Waals surface area contributed by atoms with Gasteiger partial charge in [0.1, 0.15) is 6.04 Å². The van der Waals surface area contributed by atoms with Crippen molar-refractivity contribution in [3.63, 3.8) is 0 Å². The maximum atomic E-state index is 11.0. The van der Waals surface area contributed by atoms with Crippen LogP contribution in [0.25, 0.3) is 0 Å². The van der Waals surface area contributed by atoms with Crippen molar-refractivity contribution in [2.45, 2.75) is 26.4 Å². The molecule has 0 aliphatic carbocycles. The minimum atomic E-state index is -0.796. The zero-order chi connectivity index (χ0) is 13.7. The first-order chi connectivity index (χ1) is 8.41. The van der Waals surface area contributed by atoms with Gasteiger partial charge in [-0.15, -0.1) is 0 Å². The summed E-state index contributed by atoms with van der Waals surface area (Å²) in [7, 11) is 3.99. The number of hydrogen-bond acceptors (Lipinski definition) is 3. The fourth-order valence-electron chi connectivity index (χ4n) is 1.75. The number of benzene rings is 1. The van der Waals surface area contributed by atoms with Crippen LogP contribution >= 0.6 is 0 Å². The molecule has 0 unspecified atom stereocenters. The third-order valence-electron chi connectivity index (χ3n) is 2.91. The molecule has 0 aliphatic heterocycles. The average Bonchev–Trinajstić information content (AvgIpc) is 2.28. The maximum Gasteiger partial charge on any atom is 0.320 e. The molecule has 2 N–H and O–H groups in total. The van der Waals surface area contributed by atoms with E-state index in [-0.39, 0.29) is 5.92 Å². The highest BCUT2D eigenvalue weighted by molar-refractivity contribution is 5.73. The van der Waals surface area contributed by atoms with Crippen LogP contribution in [0.5, 0.6) is 0 Å². The lowest BCUT2D eigenvalue weighted by atomic mass is 10.0. The van der Waals surface area contributed by atoms with Crippen molar-refractivity contribution in [2.24, 2.45) is 5.92 Å². The Labute approximate surface area is 109 Å². The second-order valence-corrected chi connectivity index (χ2v) is 5.00. The summed E-state index contributed by atoms with van der Waals surface area (Å²) in [4.78, 5) is 13.1. The molecule has 0 aliphatic rings. The molecule has 4 heteroatoms. The van der Waals surface area contributed by atoms with E-state index < -0.39 is 12.0 Å². The Morgan fingerprint density at radius 2 is 1.83 bits per heavy atom. The molecule has 0 amide bonds. The highest BCUT2D eigenvalue weighted by Crippen LogP contribution is 2.12. The van der Waals surface area contributed by atoms with Crippen LogP contribution in [-0.4, -0.2) is 31.2 Å². The van der Waals surface area contributed by atoms with Gasteiger partial charge in [0.05, 0.1) is 0 Å². The summed E-state index contributed by atoms with van der Waals surface area (Å²) in [5, 5.41) is 12.1. The van der Waals surface area contributed by atoms with E-state index >= 15 is 0 Å². The summed E-state index contributed by atoms with van der Waals surface area (Å²) in [6.45, 7) is 4.38. The van der Waals surface area contributed by atoms with Gasteiger partial charge in [-0.25, -0.2) is 0 Å². The molecule has 100 valence electrons. The molecule has 0 heterocycles. The third kappa shape index (κ3) is 4.04. The normalized spacial score (nSPS) is 12.5. The fraction of sp³-hybridized carbons (Fsp3) is 0.500. The lowest BCUT2D eigenvalue weighted by Gasteiger charge is -2.18. The van der Waals surface area contributed by atoms with Crippen molar-refractivity contribution < 1.29 is 9.90 Å². The van der Waals surface area contributed by atoms with Gasteiger partial charge in [0.2, 0.25) is 0 Å². The summed E-state index contributed by atoms with van der Waals surface area (Å²) < 4.78 is 0. The van der Waals surface area contributed by atoms with Gasteiger partial charge in [-0.1, -0.05) is 26.0 Å². The Bertz CT molecular complexity index is 385. The predicted molar refractivity (Wildman–Crippen MR) is 73.9 cm³/mol. The summed E-state index contributed by atoms with van der Waals surface area (Å²) in [6.07, 6.45) is 0. The minimum Gasteiger partial charge on any atom is -0.480 e. The van der Waals surface area contributed by atoms with Crippen LogP contribution in [0.3, 0.4) is 0 Å². The number of nitrogens with one attached hydrogen (secondary N) is 1. The molecule has 4 nitrogen and oxygen atoms in total. The number of carboxylic acids is 1. The van der Waals surface area contributed by atoms with Crippen LogP contribution in [0.2, 0.25) is 0 Å². The van der Waals surface area contributed by atoms with Crippen molar-refractivity contribution in [3.8, 4) is 0 Å². The topological polar surface area (TPSA) is 52.6 Å². The Morgan fingerprint density at radius 1 is 1.28 bits per heavy atom. The standard InChI is InChI=1S/C14H22N2O2/c1-10(2)13(14(17)18)15-9-11-5-7-12(8-6-11)16(3)4/h5-8,10,13,15H,9H2,1-4H3,(H,17,18)/t13-/m1/s1. The highest BCUT2D eigenvalue weighted by atomic mass is 16.4. The number of nitrogens with zero attached hydrogens (tertiary/aromatic N) is 1. The molecule has 18 heavy (non-hydrogen) atoms. The van der Waals surface area contributed by atoms with E-state index in [1.807, 2.05) is 57.1 Å². The van der Waals surface area contributed by atoms with Crippen molar-refractivity contribution >= 4 is 11.7 Å². The quantitative estimate of drug-likeness (QED) is 0.810. The van der Waals surface area contributed by atoms with E-state index in [2.05, 4.69) is 5.32 Å². The van der Waals surface area contributed by atoms with E-state index in [1.54, 1.807) is 0 Å². The number of carbonyl (C=O) groups is 1. The summed E-state index contributed by atoms with van der Waals surface area (Å²) >= 11 is 0. The molecule has 1 aromatic carbocycles. The number of rotatable bonds is 6. The Kier molecular flexibility index (Phi) is 5.16. The monoisotopic (exact) mass is 250 g/mol. The molecule has 1 aromatic rings. The second kappa shape index (κ2) is 6.40. The van der Waals surface area contributed by atoms with Crippen molar-refractivity contribution in [1.82, 2.24) is 5.32 Å². The van der Waals surface area contributed by atoms with E-state index in [0.717, 1.165) is 11.3 Å². The number of hydrogen-bond donors (Lipinski definition) is 2. The van der Waals surface area contributed by atoms with Gasteiger partial charge < -0.3 is 15.3 Å². The van der Waals surface area contributed by atoms with Gasteiger partial charge in [0.15, 0.2) is 0 Å². The van der Waals surface area contributed by atoms with Crippen molar-refractivity contribution in [3.05, 3.63) is 29.8 Å². The van der Waals surface area contributed by atoms with Crippen LogP contribution in [0.4, 0.5) is 5.69 Å². The Balaban J connectivity index is 2.60. The van der Waals surface area contributed by atoms with Gasteiger partial charge in [-0.3, -0.25) is 4.79 Å². The first kappa shape index (κ1) is 14.5. The number of carboxylic acid groups (broad SMARTS) is 1. The Morgan fingerprint density at radius 3 is 2.22 bits per heavy atom. The van der Waals surface area contributed by atoms with Crippen LogP contribution in [0, 0.1) is 5.92 Å². The van der Waals surface area contributed by atoms with Crippen molar-refractivity contribution in [1.29, 1.82) is 0 Å². The summed E-state index contributed by atoms with van der Waals surface area (Å²) in [5.74, 6) is -0.724. The first-order valence-electron chi connectivity index (χ1n) is 6.14. The molecule has 1 rings (SSSR count). The molecular formula is C14H22N2O2. The molecular weight excluding hydrogens is 228 g/mol. The van der Waals surface area contributed by atoms with Crippen LogP contribution < -0.4 is 10.2 Å². The van der Waals surface area contributed by atoms with Crippen LogP contribution in [0.1, 0.15) is 19.4 Å². The number of anilines is 1. The predicted octanol–water partition coefficient (Wildman–Crippen LogP) is 1.95. The smallest absolute Gasteiger partial charge is 0.320 e. The van der Waals surface area contributed by atoms with Crippen LogP contribution in [-0.2, 0) is 11.3 Å². The zero-order valence-electron chi connectivity index (χ0n) is 11.5. The molecule has 0 saturated carbocycles. The van der Waals surface area contributed by atoms with Crippen molar-refractivity contribution in [2.75, 3.05) is 19.0 Å². The first-order valence-corrected chi connectivity index (χ1v) is 6.14. The molecule has 1 atom stereocenters. The molecule has 0 aromatic heterocycles. The molecule has 0 radical (unpaired) electrons. The molecule has 0 bridgehead atoms. The third-order valence-corrected chi connectivity index (χ3v) is 2.91. The van der Waals surface area contributed by atoms with Gasteiger partial charge in [0.25, 0.3) is 0 Å². The maximum absolute atomic E-state index is 11.0. The lowest BCUT2D eigenvalue weighted by Crippen LogP contribution is -2.40. The van der Waals surface area contributed by atoms with Gasteiger partial charge >= 0.3 is 5.97 Å². The number of aliphatic carboxylic acids is 1. The Hall–Kier alpha value is -1.55. The average molecular weight is 250 g/mol. The zero-order valence-corrected chi connectivity index (χ0v) is 11.5. The molecule has 0 spiro atoms. The van der Waals surface area contributed by atoms with Crippen LogP contribution in [0.15, 0.2) is 24.3 Å². The van der Waals surface area contributed by atoms with Gasteiger partial charge in [-0.05, 0) is 23.6 Å². The second-order valence-electron chi connectivity index (χ2n) is 5.00. The molecule has 0 saturated heterocycles. The van der Waals surface area contributed by atoms with E-state index in [0.29, 0.717) is 6.54 Å². The lowest BCUT2D eigenvalue weighted by molar-refractivity contribution is -0.140. The largest absolute Gasteiger partial charge is 0.480 e. The summed E-state index contributed by atoms with van der Waals surface area (Å²) in [5.41, 5.74) is 2.23. The fourth-order valence-corrected chi connectivity index (χ4v) is 1.75. The SMILES string of the molecule is CC(C)[C@@H](NCc1ccc(N(C)C)cc1)C(=O)O. The van der Waals surface area contributed by atoms with E-state index in [4.69, 9.17) is 5.11 Å². The summed E-state index contributed by atoms with van der Waals surface area (Å²) in [6, 6.07) is 7.59. The van der Waals surface area contributed by atoms with E-state index in [9.17, 15) is 4.79 Å². The van der Waals surface area contributed by atoms with E-state index in [1.165, 1.54) is 0 Å².